The molecule has 3 heteroatoms. The van der Waals surface area contributed by atoms with Crippen LogP contribution in [0.25, 0.3) is 0 Å². The molecule has 2 aromatic rings. The molecule has 3 heterocycles. The highest BCUT2D eigenvalue weighted by Gasteiger charge is 2.48. The number of piperidine rings is 1. The second-order valence-electron chi connectivity index (χ2n) is 8.70. The Hall–Kier alpha value is -1.68. The van der Waals surface area contributed by atoms with Crippen LogP contribution in [0.15, 0.2) is 60.7 Å². The van der Waals surface area contributed by atoms with Gasteiger partial charge in [0.05, 0.1) is 0 Å². The molecule has 3 nitrogen and oxygen atoms in total. The van der Waals surface area contributed by atoms with E-state index in [0.717, 1.165) is 31.1 Å². The smallest absolute Gasteiger partial charge is 0.0279 e. The lowest BCUT2D eigenvalue weighted by molar-refractivity contribution is -0.0178. The zero-order valence-corrected chi connectivity index (χ0v) is 16.2. The summed E-state index contributed by atoms with van der Waals surface area (Å²) in [6.45, 7) is 8.63. The van der Waals surface area contributed by atoms with Crippen molar-refractivity contribution in [3.05, 3.63) is 71.8 Å². The molecule has 0 saturated carbocycles. The molecule has 27 heavy (non-hydrogen) atoms. The van der Waals surface area contributed by atoms with Gasteiger partial charge in [0.15, 0.2) is 0 Å². The number of nitrogens with zero attached hydrogens (tertiary/aromatic N) is 3. The SMILES string of the molecule is c1ccc(CN2CCC(N3C[C@@H]4CN(Cc5ccccc5)C[C@@H]43)CC2)cc1. The van der Waals surface area contributed by atoms with Crippen molar-refractivity contribution < 1.29 is 0 Å². The van der Waals surface area contributed by atoms with Crippen LogP contribution < -0.4 is 0 Å². The molecule has 2 atom stereocenters. The monoisotopic (exact) mass is 361 g/mol. The Labute approximate surface area is 163 Å². The molecule has 0 N–H and O–H groups in total. The summed E-state index contributed by atoms with van der Waals surface area (Å²) >= 11 is 0. The molecule has 3 aliphatic rings. The van der Waals surface area contributed by atoms with Crippen molar-refractivity contribution in [1.29, 1.82) is 0 Å². The molecule has 0 bridgehead atoms. The zero-order chi connectivity index (χ0) is 18.1. The average Bonchev–Trinajstić information content (AvgIpc) is 3.01. The van der Waals surface area contributed by atoms with E-state index >= 15 is 0 Å². The number of benzene rings is 2. The first kappa shape index (κ1) is 17.4. The topological polar surface area (TPSA) is 9.72 Å². The van der Waals surface area contributed by atoms with Crippen LogP contribution in [-0.2, 0) is 13.1 Å². The molecule has 0 unspecified atom stereocenters. The van der Waals surface area contributed by atoms with Crippen LogP contribution in [-0.4, -0.2) is 59.5 Å². The molecule has 3 saturated heterocycles. The molecule has 0 aromatic heterocycles. The second-order valence-corrected chi connectivity index (χ2v) is 8.70. The maximum atomic E-state index is 2.84. The normalized spacial score (nSPS) is 27.4. The fourth-order valence-corrected chi connectivity index (χ4v) is 5.41. The first-order valence-electron chi connectivity index (χ1n) is 10.6. The van der Waals surface area contributed by atoms with Crippen LogP contribution in [0.5, 0.6) is 0 Å². The molecule has 0 spiro atoms. The van der Waals surface area contributed by atoms with E-state index in [-0.39, 0.29) is 0 Å². The maximum absolute atomic E-state index is 2.84. The van der Waals surface area contributed by atoms with Gasteiger partial charge in [-0.15, -0.1) is 0 Å². The third-order valence-corrected chi connectivity index (χ3v) is 6.88. The molecule has 0 radical (unpaired) electrons. The lowest BCUT2D eigenvalue weighted by atomic mass is 9.87. The number of fused-ring (bicyclic) bond motifs is 1. The van der Waals surface area contributed by atoms with Crippen molar-refractivity contribution in [2.24, 2.45) is 5.92 Å². The van der Waals surface area contributed by atoms with Crippen molar-refractivity contribution >= 4 is 0 Å². The third kappa shape index (κ3) is 3.82. The Bertz CT molecular complexity index is 724. The van der Waals surface area contributed by atoms with Crippen LogP contribution in [0.1, 0.15) is 24.0 Å². The van der Waals surface area contributed by atoms with Crippen molar-refractivity contribution in [1.82, 2.24) is 14.7 Å². The minimum atomic E-state index is 0.815. The van der Waals surface area contributed by atoms with Gasteiger partial charge in [0.25, 0.3) is 0 Å². The largest absolute Gasteiger partial charge is 0.299 e. The summed E-state index contributed by atoms with van der Waals surface area (Å²) in [6.07, 6.45) is 2.68. The van der Waals surface area contributed by atoms with Gasteiger partial charge in [0, 0.05) is 50.7 Å². The predicted octanol–water partition coefficient (Wildman–Crippen LogP) is 3.47. The van der Waals surface area contributed by atoms with E-state index in [1.165, 1.54) is 56.7 Å². The first-order chi connectivity index (χ1) is 13.3. The summed E-state index contributed by atoms with van der Waals surface area (Å²) in [5, 5.41) is 0. The first-order valence-corrected chi connectivity index (χ1v) is 10.6. The van der Waals surface area contributed by atoms with Crippen LogP contribution in [0, 0.1) is 5.92 Å². The lowest BCUT2D eigenvalue weighted by Crippen LogP contribution is -2.61. The number of hydrogen-bond donors (Lipinski definition) is 0. The van der Waals surface area contributed by atoms with Crippen LogP contribution in [0.2, 0.25) is 0 Å². The molecule has 2 aromatic carbocycles. The zero-order valence-electron chi connectivity index (χ0n) is 16.2. The summed E-state index contributed by atoms with van der Waals surface area (Å²) < 4.78 is 0. The van der Waals surface area contributed by atoms with Gasteiger partial charge in [-0.3, -0.25) is 14.7 Å². The summed E-state index contributed by atoms with van der Waals surface area (Å²) in [6, 6.07) is 23.5. The summed E-state index contributed by atoms with van der Waals surface area (Å²) in [5.41, 5.74) is 2.91. The molecular formula is C24H31N3. The standard InChI is InChI=1S/C24H31N3/c1-3-7-20(8-4-1)15-25-13-11-23(12-14-25)27-18-22-17-26(19-24(22)27)16-21-9-5-2-6-10-21/h1-10,22-24H,11-19H2/t22-,24-/m0/s1. The van der Waals surface area contributed by atoms with Gasteiger partial charge in [0.1, 0.15) is 0 Å². The van der Waals surface area contributed by atoms with Gasteiger partial charge in [-0.1, -0.05) is 60.7 Å². The molecule has 0 amide bonds. The summed E-state index contributed by atoms with van der Waals surface area (Å²) in [4.78, 5) is 8.16. The van der Waals surface area contributed by atoms with Crippen molar-refractivity contribution in [3.8, 4) is 0 Å². The van der Waals surface area contributed by atoms with E-state index in [1.807, 2.05) is 0 Å². The number of hydrogen-bond acceptors (Lipinski definition) is 3. The van der Waals surface area contributed by atoms with Crippen molar-refractivity contribution in [2.45, 2.75) is 38.0 Å². The van der Waals surface area contributed by atoms with Crippen molar-refractivity contribution in [2.75, 3.05) is 32.7 Å². The van der Waals surface area contributed by atoms with E-state index in [1.54, 1.807) is 0 Å². The highest BCUT2D eigenvalue weighted by molar-refractivity contribution is 5.16. The Balaban J connectivity index is 1.10. The summed E-state index contributed by atoms with van der Waals surface area (Å²) in [7, 11) is 0. The molecule has 0 aliphatic carbocycles. The van der Waals surface area contributed by atoms with E-state index in [2.05, 4.69) is 75.4 Å². The molecule has 142 valence electrons. The minimum Gasteiger partial charge on any atom is -0.299 e. The molecule has 5 rings (SSSR count). The van der Waals surface area contributed by atoms with Gasteiger partial charge in [-0.2, -0.15) is 0 Å². The Morgan fingerprint density at radius 3 is 1.89 bits per heavy atom. The lowest BCUT2D eigenvalue weighted by Gasteiger charge is -2.50. The van der Waals surface area contributed by atoms with Crippen molar-refractivity contribution in [3.63, 3.8) is 0 Å². The molecule has 3 aliphatic heterocycles. The molecular weight excluding hydrogens is 330 g/mol. The van der Waals surface area contributed by atoms with Crippen LogP contribution in [0.3, 0.4) is 0 Å². The van der Waals surface area contributed by atoms with Gasteiger partial charge in [-0.05, 0) is 37.1 Å². The van der Waals surface area contributed by atoms with Crippen LogP contribution >= 0.6 is 0 Å². The highest BCUT2D eigenvalue weighted by atomic mass is 15.3. The van der Waals surface area contributed by atoms with E-state index in [0.29, 0.717) is 0 Å². The van der Waals surface area contributed by atoms with E-state index in [9.17, 15) is 0 Å². The Kier molecular flexibility index (Phi) is 5.00. The highest BCUT2D eigenvalue weighted by Crippen LogP contribution is 2.37. The minimum absolute atomic E-state index is 0.815. The Morgan fingerprint density at radius 1 is 0.667 bits per heavy atom. The number of rotatable bonds is 5. The van der Waals surface area contributed by atoms with Gasteiger partial charge >= 0.3 is 0 Å². The summed E-state index contributed by atoms with van der Waals surface area (Å²) in [5.74, 6) is 0.913. The fourth-order valence-electron chi connectivity index (χ4n) is 5.41. The Morgan fingerprint density at radius 2 is 1.26 bits per heavy atom. The van der Waals surface area contributed by atoms with Gasteiger partial charge in [0.2, 0.25) is 0 Å². The average molecular weight is 362 g/mol. The van der Waals surface area contributed by atoms with Gasteiger partial charge < -0.3 is 0 Å². The van der Waals surface area contributed by atoms with Gasteiger partial charge in [-0.25, -0.2) is 0 Å². The third-order valence-electron chi connectivity index (χ3n) is 6.88. The fraction of sp³-hybridized carbons (Fsp3) is 0.500. The molecule has 3 fully saturated rings. The van der Waals surface area contributed by atoms with Crippen LogP contribution in [0.4, 0.5) is 0 Å². The van der Waals surface area contributed by atoms with E-state index in [4.69, 9.17) is 0 Å². The van der Waals surface area contributed by atoms with E-state index < -0.39 is 0 Å². The second kappa shape index (κ2) is 7.75. The predicted molar refractivity (Wildman–Crippen MR) is 110 cm³/mol. The number of likely N-dealkylation sites (tertiary alicyclic amines) is 3. The quantitative estimate of drug-likeness (QED) is 0.807. The maximum Gasteiger partial charge on any atom is 0.0279 e.